The van der Waals surface area contributed by atoms with Crippen molar-refractivity contribution in [2.45, 2.75) is 32.1 Å². The summed E-state index contributed by atoms with van der Waals surface area (Å²) in [5, 5.41) is 7.89. The Kier molecular flexibility index (Phi) is 5.40. The lowest BCUT2D eigenvalue weighted by Crippen LogP contribution is -2.40. The second-order valence-electron chi connectivity index (χ2n) is 8.01. The van der Waals surface area contributed by atoms with Gasteiger partial charge in [0.1, 0.15) is 12.1 Å². The summed E-state index contributed by atoms with van der Waals surface area (Å²) in [5.74, 6) is 0.609. The van der Waals surface area contributed by atoms with Crippen LogP contribution in [0.3, 0.4) is 0 Å². The van der Waals surface area contributed by atoms with Crippen LogP contribution in [0.1, 0.15) is 25.1 Å². The van der Waals surface area contributed by atoms with Crippen LogP contribution in [0.15, 0.2) is 54.2 Å². The molecule has 0 unspecified atom stereocenters. The van der Waals surface area contributed by atoms with Crippen LogP contribution < -0.4 is 5.32 Å². The highest BCUT2D eigenvalue weighted by atomic mass is 32.2. The topological polar surface area (TPSA) is 88.1 Å². The molecule has 0 spiro atoms. The summed E-state index contributed by atoms with van der Waals surface area (Å²) in [6.07, 6.45) is 2.09. The van der Waals surface area contributed by atoms with E-state index in [4.69, 9.17) is 4.98 Å². The summed E-state index contributed by atoms with van der Waals surface area (Å²) in [6, 6.07) is 14.4. The number of nitrogens with one attached hydrogen (secondary N) is 1. The van der Waals surface area contributed by atoms with E-state index in [9.17, 15) is 8.42 Å². The third-order valence-electron chi connectivity index (χ3n) is 5.72. The molecule has 5 rings (SSSR count). The number of anilines is 2. The van der Waals surface area contributed by atoms with Gasteiger partial charge in [0, 0.05) is 36.0 Å². The van der Waals surface area contributed by atoms with Gasteiger partial charge in [-0.3, -0.25) is 0 Å². The summed E-state index contributed by atoms with van der Waals surface area (Å²) < 4.78 is 26.9. The van der Waals surface area contributed by atoms with E-state index in [0.717, 1.165) is 27.9 Å². The summed E-state index contributed by atoms with van der Waals surface area (Å²) in [5.41, 5.74) is 3.65. The molecule has 0 saturated heterocycles. The summed E-state index contributed by atoms with van der Waals surface area (Å²) >= 11 is 1.50. The van der Waals surface area contributed by atoms with Crippen molar-refractivity contribution in [3.63, 3.8) is 0 Å². The van der Waals surface area contributed by atoms with E-state index < -0.39 is 15.3 Å². The van der Waals surface area contributed by atoms with Crippen molar-refractivity contribution in [1.29, 1.82) is 0 Å². The van der Waals surface area contributed by atoms with E-state index >= 15 is 0 Å². The molecule has 7 nitrogen and oxygen atoms in total. The third kappa shape index (κ3) is 3.76. The number of hydrogen-bond donors (Lipinski definition) is 1. The van der Waals surface area contributed by atoms with Crippen LogP contribution in [0.25, 0.3) is 22.0 Å². The maximum Gasteiger partial charge on any atom is 0.216 e. The first-order valence-corrected chi connectivity index (χ1v) is 12.8. The Hall–Kier alpha value is -2.88. The minimum atomic E-state index is -3.35. The van der Waals surface area contributed by atoms with Crippen molar-refractivity contribution in [3.8, 4) is 11.3 Å². The van der Waals surface area contributed by atoms with Gasteiger partial charge in [0.05, 0.1) is 16.6 Å². The SMILES string of the molecule is CC(C)S(=O)(=O)N1CCc2ncnc(Nc3nc(-c4cccc5ccccc45)cs3)c2C1. The molecule has 1 aliphatic heterocycles. The van der Waals surface area contributed by atoms with E-state index in [1.807, 2.05) is 23.6 Å². The summed E-state index contributed by atoms with van der Waals surface area (Å²) in [7, 11) is -3.35. The smallest absolute Gasteiger partial charge is 0.216 e. The molecule has 0 atom stereocenters. The zero-order chi connectivity index (χ0) is 22.3. The van der Waals surface area contributed by atoms with Gasteiger partial charge in [-0.1, -0.05) is 42.5 Å². The molecule has 0 bridgehead atoms. The highest BCUT2D eigenvalue weighted by molar-refractivity contribution is 7.89. The monoisotopic (exact) mass is 465 g/mol. The molecule has 0 aliphatic carbocycles. The fourth-order valence-electron chi connectivity index (χ4n) is 3.94. The minimum absolute atomic E-state index is 0.264. The second kappa shape index (κ2) is 8.23. The van der Waals surface area contributed by atoms with Crippen LogP contribution in [-0.2, 0) is 23.0 Å². The molecule has 1 N–H and O–H groups in total. The van der Waals surface area contributed by atoms with Gasteiger partial charge in [0.15, 0.2) is 5.13 Å². The molecule has 0 radical (unpaired) electrons. The van der Waals surface area contributed by atoms with Gasteiger partial charge in [-0.15, -0.1) is 11.3 Å². The molecule has 0 amide bonds. The maximum absolute atomic E-state index is 12.7. The van der Waals surface area contributed by atoms with Crippen LogP contribution in [0, 0.1) is 0 Å². The zero-order valence-electron chi connectivity index (χ0n) is 17.8. The van der Waals surface area contributed by atoms with Crippen LogP contribution in [0.2, 0.25) is 0 Å². The van der Waals surface area contributed by atoms with Crippen LogP contribution in [0.4, 0.5) is 10.9 Å². The Morgan fingerprint density at radius 1 is 1.09 bits per heavy atom. The van der Waals surface area contributed by atoms with Gasteiger partial charge in [0.2, 0.25) is 10.0 Å². The number of benzene rings is 2. The highest BCUT2D eigenvalue weighted by Crippen LogP contribution is 2.33. The normalized spacial score (nSPS) is 14.6. The number of thiazole rings is 1. The van der Waals surface area contributed by atoms with Gasteiger partial charge in [0.25, 0.3) is 0 Å². The van der Waals surface area contributed by atoms with E-state index in [-0.39, 0.29) is 6.54 Å². The molecule has 9 heteroatoms. The van der Waals surface area contributed by atoms with E-state index in [2.05, 4.69) is 39.6 Å². The zero-order valence-corrected chi connectivity index (χ0v) is 19.4. The van der Waals surface area contributed by atoms with Crippen molar-refractivity contribution in [1.82, 2.24) is 19.3 Å². The van der Waals surface area contributed by atoms with E-state index in [1.165, 1.54) is 27.4 Å². The fourth-order valence-corrected chi connectivity index (χ4v) is 5.91. The Morgan fingerprint density at radius 3 is 2.75 bits per heavy atom. The fraction of sp³-hybridized carbons (Fsp3) is 0.261. The van der Waals surface area contributed by atoms with Crippen molar-refractivity contribution in [3.05, 3.63) is 65.4 Å². The lowest BCUT2D eigenvalue weighted by atomic mass is 10.0. The van der Waals surface area contributed by atoms with Crippen molar-refractivity contribution < 1.29 is 8.42 Å². The maximum atomic E-state index is 12.7. The van der Waals surface area contributed by atoms with Crippen LogP contribution >= 0.6 is 11.3 Å². The molecule has 2 aromatic heterocycles. The number of nitrogens with zero attached hydrogens (tertiary/aromatic N) is 4. The summed E-state index contributed by atoms with van der Waals surface area (Å²) in [6.45, 7) is 4.11. The molecule has 2 aromatic carbocycles. The average molecular weight is 466 g/mol. The first kappa shape index (κ1) is 21.0. The van der Waals surface area contributed by atoms with Gasteiger partial charge >= 0.3 is 0 Å². The predicted molar refractivity (Wildman–Crippen MR) is 129 cm³/mol. The van der Waals surface area contributed by atoms with Gasteiger partial charge in [-0.25, -0.2) is 23.4 Å². The quantitative estimate of drug-likeness (QED) is 0.464. The molecule has 4 aromatic rings. The number of aromatic nitrogens is 3. The second-order valence-corrected chi connectivity index (χ2v) is 11.4. The predicted octanol–water partition coefficient (Wildman–Crippen LogP) is 4.59. The van der Waals surface area contributed by atoms with Gasteiger partial charge in [-0.05, 0) is 24.6 Å². The molecule has 3 heterocycles. The van der Waals surface area contributed by atoms with Gasteiger partial charge in [-0.2, -0.15) is 4.31 Å². The Bertz CT molecular complexity index is 1390. The lowest BCUT2D eigenvalue weighted by molar-refractivity contribution is 0.383. The first-order chi connectivity index (χ1) is 15.4. The summed E-state index contributed by atoms with van der Waals surface area (Å²) in [4.78, 5) is 13.6. The Balaban J connectivity index is 1.45. The molecule has 164 valence electrons. The molecular weight excluding hydrogens is 442 g/mol. The number of rotatable bonds is 5. The first-order valence-electron chi connectivity index (χ1n) is 10.5. The molecule has 32 heavy (non-hydrogen) atoms. The molecular formula is C23H23N5O2S2. The van der Waals surface area contributed by atoms with E-state index in [0.29, 0.717) is 23.9 Å². The average Bonchev–Trinajstić information content (AvgIpc) is 3.27. The number of hydrogen-bond acceptors (Lipinski definition) is 7. The van der Waals surface area contributed by atoms with Crippen molar-refractivity contribution in [2.75, 3.05) is 11.9 Å². The van der Waals surface area contributed by atoms with Crippen molar-refractivity contribution >= 4 is 43.1 Å². The molecule has 0 saturated carbocycles. The molecule has 1 aliphatic rings. The number of sulfonamides is 1. The Morgan fingerprint density at radius 2 is 1.91 bits per heavy atom. The van der Waals surface area contributed by atoms with Gasteiger partial charge < -0.3 is 5.32 Å². The third-order valence-corrected chi connectivity index (χ3v) is 8.70. The van der Waals surface area contributed by atoms with Crippen molar-refractivity contribution in [2.24, 2.45) is 0 Å². The van der Waals surface area contributed by atoms with Crippen LogP contribution in [0.5, 0.6) is 0 Å². The highest BCUT2D eigenvalue weighted by Gasteiger charge is 2.31. The largest absolute Gasteiger partial charge is 0.316 e. The van der Waals surface area contributed by atoms with Crippen LogP contribution in [-0.4, -0.2) is 39.5 Å². The number of fused-ring (bicyclic) bond motifs is 2. The van der Waals surface area contributed by atoms with E-state index in [1.54, 1.807) is 13.8 Å². The standard InChI is InChI=1S/C23H23N5O2S2/c1-15(2)32(29,30)28-11-10-20-19(12-28)22(25-14-24-20)27-23-26-21(13-31-23)18-9-5-7-16-6-3-4-8-17(16)18/h3-9,13-15H,10-12H2,1-2H3,(H,24,25,26,27). The Labute approximate surface area is 191 Å². The minimum Gasteiger partial charge on any atom is -0.316 e. The molecule has 0 fully saturated rings. The lowest BCUT2D eigenvalue weighted by Gasteiger charge is -2.29.